The molecule has 0 aliphatic heterocycles. The molecule has 1 aromatic rings. The van der Waals surface area contributed by atoms with E-state index in [0.29, 0.717) is 0 Å². The van der Waals surface area contributed by atoms with Crippen molar-refractivity contribution in [1.82, 2.24) is 0 Å². The maximum atomic E-state index is 11.1. The number of benzene rings is 1. The summed E-state index contributed by atoms with van der Waals surface area (Å²) in [6, 6.07) is 9.31. The molecule has 1 amide bonds. The summed E-state index contributed by atoms with van der Waals surface area (Å²) in [5.41, 5.74) is 0.800. The number of carbonyl (C=O) groups is 1. The van der Waals surface area contributed by atoms with Gasteiger partial charge in [0.25, 0.3) is 0 Å². The van der Waals surface area contributed by atoms with Crippen molar-refractivity contribution in [3.63, 3.8) is 0 Å². The quantitative estimate of drug-likeness (QED) is 0.604. The third kappa shape index (κ3) is 3.03. The Morgan fingerprint density at radius 1 is 1.42 bits per heavy atom. The zero-order valence-electron chi connectivity index (χ0n) is 6.12. The Kier molecular flexibility index (Phi) is 3.88. The zero-order valence-corrected chi connectivity index (χ0v) is 9.18. The van der Waals surface area contributed by atoms with Crippen LogP contribution in [0.25, 0.3) is 0 Å². The topological polar surface area (TPSA) is 29.1 Å². The number of hydrogen-bond donors (Lipinski definition) is 2. The first-order chi connectivity index (χ1) is 5.70. The fraction of sp³-hybridized carbons (Fsp3) is 0.125. The summed E-state index contributed by atoms with van der Waals surface area (Å²) in [6.07, 6.45) is 0. The van der Waals surface area contributed by atoms with Gasteiger partial charge in [-0.05, 0) is 0 Å². The SMILES string of the molecule is O=C(Nc1ccccc1)[CH](S)[Au]. The molecule has 1 unspecified atom stereocenters. The molecule has 0 bridgehead atoms. The van der Waals surface area contributed by atoms with Crippen molar-refractivity contribution < 1.29 is 25.9 Å². The predicted molar refractivity (Wildman–Crippen MR) is 47.8 cm³/mol. The molecule has 1 aromatic carbocycles. The Morgan fingerprint density at radius 2 is 2.00 bits per heavy atom. The van der Waals surface area contributed by atoms with Crippen LogP contribution in [0.1, 0.15) is 0 Å². The van der Waals surface area contributed by atoms with E-state index in [4.69, 9.17) is 0 Å². The van der Waals surface area contributed by atoms with Crippen LogP contribution in [-0.2, 0) is 25.9 Å². The molecule has 1 atom stereocenters. The normalized spacial score (nSPS) is 12.2. The molecule has 4 heteroatoms. The first-order valence-electron chi connectivity index (χ1n) is 3.34. The molecule has 0 aromatic heterocycles. The van der Waals surface area contributed by atoms with Gasteiger partial charge in [-0.25, -0.2) is 0 Å². The summed E-state index contributed by atoms with van der Waals surface area (Å²) < 4.78 is -0.329. The summed E-state index contributed by atoms with van der Waals surface area (Å²) in [7, 11) is 0. The van der Waals surface area contributed by atoms with Gasteiger partial charge in [-0.1, -0.05) is 0 Å². The van der Waals surface area contributed by atoms with E-state index >= 15 is 0 Å². The van der Waals surface area contributed by atoms with Crippen molar-refractivity contribution in [1.29, 1.82) is 0 Å². The van der Waals surface area contributed by atoms with Crippen LogP contribution in [0, 0.1) is 0 Å². The molecule has 1 N–H and O–H groups in total. The van der Waals surface area contributed by atoms with Gasteiger partial charge in [0.15, 0.2) is 0 Å². The predicted octanol–water partition coefficient (Wildman–Crippen LogP) is 1.43. The Balaban J connectivity index is 2.59. The second-order valence-electron chi connectivity index (χ2n) is 2.15. The van der Waals surface area contributed by atoms with Crippen molar-refractivity contribution >= 4 is 24.2 Å². The second kappa shape index (κ2) is 4.72. The molecule has 12 heavy (non-hydrogen) atoms. The minimum atomic E-state index is -0.329. The van der Waals surface area contributed by atoms with Gasteiger partial charge in [0.2, 0.25) is 0 Å². The first kappa shape index (κ1) is 9.87. The molecule has 0 radical (unpaired) electrons. The van der Waals surface area contributed by atoms with Gasteiger partial charge in [-0.2, -0.15) is 0 Å². The van der Waals surface area contributed by atoms with E-state index in [9.17, 15) is 4.79 Å². The van der Waals surface area contributed by atoms with Crippen LogP contribution in [0.15, 0.2) is 30.3 Å². The Labute approximate surface area is 89.1 Å². The van der Waals surface area contributed by atoms with Crippen LogP contribution in [0.5, 0.6) is 0 Å². The van der Waals surface area contributed by atoms with Crippen LogP contribution in [0.2, 0.25) is 0 Å². The van der Waals surface area contributed by atoms with E-state index in [1.807, 2.05) is 30.3 Å². The third-order valence-corrected chi connectivity index (χ3v) is 2.04. The van der Waals surface area contributed by atoms with Crippen LogP contribution in [0.4, 0.5) is 5.69 Å². The number of hydrogen-bond acceptors (Lipinski definition) is 2. The van der Waals surface area contributed by atoms with Crippen LogP contribution < -0.4 is 5.32 Å². The molecule has 0 saturated carbocycles. The molecular weight excluding hydrogens is 355 g/mol. The number of amides is 1. The zero-order chi connectivity index (χ0) is 8.97. The average Bonchev–Trinajstić information content (AvgIpc) is 2.06. The molecule has 0 aliphatic carbocycles. The Hall–Kier alpha value is -0.220. The second-order valence-corrected chi connectivity index (χ2v) is 4.87. The van der Waals surface area contributed by atoms with E-state index in [-0.39, 0.29) is 9.38 Å². The monoisotopic (exact) mass is 363 g/mol. The number of anilines is 1. The van der Waals surface area contributed by atoms with Gasteiger partial charge < -0.3 is 0 Å². The summed E-state index contributed by atoms with van der Waals surface area (Å²) in [5, 5.41) is 2.71. The van der Waals surface area contributed by atoms with E-state index in [0.717, 1.165) is 5.69 Å². The van der Waals surface area contributed by atoms with E-state index in [1.165, 1.54) is 0 Å². The van der Waals surface area contributed by atoms with Gasteiger partial charge in [0.05, 0.1) is 0 Å². The first-order valence-corrected chi connectivity index (χ1v) is 5.10. The summed E-state index contributed by atoms with van der Waals surface area (Å²) >= 11 is 6.11. The number of rotatable bonds is 2. The summed E-state index contributed by atoms with van der Waals surface area (Å²) in [5.74, 6) is -0.104. The number of carbonyl (C=O) groups excluding carboxylic acids is 1. The number of thiol groups is 1. The Bertz CT molecular complexity index is 263. The average molecular weight is 363 g/mol. The molecule has 1 rings (SSSR count). The minimum absolute atomic E-state index is 0.104. The van der Waals surface area contributed by atoms with Crippen LogP contribution in [-0.4, -0.2) is 9.38 Å². The van der Waals surface area contributed by atoms with E-state index in [1.54, 1.807) is 0 Å². The molecule has 0 fully saturated rings. The van der Waals surface area contributed by atoms with Crippen LogP contribution >= 0.6 is 12.6 Å². The van der Waals surface area contributed by atoms with E-state index in [2.05, 4.69) is 39.0 Å². The number of nitrogens with one attached hydrogen (secondary N) is 1. The molecule has 0 spiro atoms. The molecule has 0 saturated heterocycles. The fourth-order valence-corrected chi connectivity index (χ4v) is 0.939. The molecular formula is C8H8AuNOS. The summed E-state index contributed by atoms with van der Waals surface area (Å²) in [6.45, 7) is 0. The molecule has 2 nitrogen and oxygen atoms in total. The third-order valence-electron chi connectivity index (χ3n) is 1.24. The van der Waals surface area contributed by atoms with Crippen molar-refractivity contribution in [2.45, 2.75) is 3.47 Å². The van der Waals surface area contributed by atoms with Gasteiger partial charge in [-0.15, -0.1) is 0 Å². The molecule has 0 heterocycles. The Morgan fingerprint density at radius 3 is 2.50 bits per heavy atom. The molecule has 68 valence electrons. The van der Waals surface area contributed by atoms with Crippen molar-refractivity contribution in [2.75, 3.05) is 5.32 Å². The van der Waals surface area contributed by atoms with Crippen molar-refractivity contribution in [3.8, 4) is 0 Å². The van der Waals surface area contributed by atoms with E-state index < -0.39 is 0 Å². The van der Waals surface area contributed by atoms with Gasteiger partial charge in [0.1, 0.15) is 0 Å². The molecule has 0 aliphatic rings. The van der Waals surface area contributed by atoms with Crippen molar-refractivity contribution in [3.05, 3.63) is 30.3 Å². The van der Waals surface area contributed by atoms with Crippen LogP contribution in [0.3, 0.4) is 0 Å². The van der Waals surface area contributed by atoms with Gasteiger partial charge >= 0.3 is 89.2 Å². The van der Waals surface area contributed by atoms with Gasteiger partial charge in [0, 0.05) is 0 Å². The maximum absolute atomic E-state index is 11.1. The van der Waals surface area contributed by atoms with Crippen molar-refractivity contribution in [2.24, 2.45) is 0 Å². The number of para-hydroxylation sites is 1. The summed E-state index contributed by atoms with van der Waals surface area (Å²) in [4.78, 5) is 11.1. The standard InChI is InChI=1S/C8H8NOS.Au/c10-8(6-11)9-7-4-2-1-3-5-7;/h1-6,11H,(H,9,10);. The van der Waals surface area contributed by atoms with Gasteiger partial charge in [-0.3, -0.25) is 0 Å². The fourth-order valence-electron chi connectivity index (χ4n) is 0.718.